The van der Waals surface area contributed by atoms with Gasteiger partial charge >= 0.3 is 0 Å². The molecule has 0 saturated heterocycles. The summed E-state index contributed by atoms with van der Waals surface area (Å²) >= 11 is 0. The molecular formula is C114H196N6. The third-order valence-corrected chi connectivity index (χ3v) is 26.7. The second-order valence-corrected chi connectivity index (χ2v) is 37.8. The largest absolute Gasteiger partial charge is 0.371 e. The lowest BCUT2D eigenvalue weighted by Crippen LogP contribution is -2.27. The Morgan fingerprint density at radius 2 is 0.258 bits per heavy atom. The summed E-state index contributed by atoms with van der Waals surface area (Å²) in [7, 11) is 0. The van der Waals surface area contributed by atoms with E-state index in [9.17, 15) is 0 Å². The summed E-state index contributed by atoms with van der Waals surface area (Å²) in [5.74, 6) is 0. The molecule has 0 radical (unpaired) electrons. The zero-order chi connectivity index (χ0) is 85.8. The SMILES string of the molecule is CCCCCCCCCCN(CCCCCCCCCC)c1ccc(N(c2ccc(N(c3ccc(N(CCCCCCCCCC)CCCCCCCCCC)c(C)c3)c3ccc(N(CCCCCCCCCC)CCCCCCCCCC)c(C)c3)cc2)c2ccc(N(CCCCCCCCCC)CCCCCCCCCC)c(C)c2)cc1C. The van der Waals surface area contributed by atoms with E-state index < -0.39 is 0 Å². The fourth-order valence-electron chi connectivity index (χ4n) is 19.1. The molecule has 0 atom stereocenters. The average molecular weight is 1650 g/mol. The van der Waals surface area contributed by atoms with Crippen LogP contribution in [0.25, 0.3) is 0 Å². The predicted molar refractivity (Wildman–Crippen MR) is 544 cm³/mol. The molecule has 0 unspecified atom stereocenters. The molecule has 0 fully saturated rings. The van der Waals surface area contributed by atoms with Crippen LogP contribution in [-0.4, -0.2) is 52.4 Å². The molecule has 5 rings (SSSR count). The zero-order valence-corrected chi connectivity index (χ0v) is 81.8. The quantitative estimate of drug-likeness (QED) is 0.0359. The molecule has 0 N–H and O–H groups in total. The monoisotopic (exact) mass is 1650 g/mol. The highest BCUT2D eigenvalue weighted by Gasteiger charge is 2.23. The van der Waals surface area contributed by atoms with Crippen LogP contribution in [0.4, 0.5) is 56.9 Å². The first-order valence-corrected chi connectivity index (χ1v) is 53.2. The van der Waals surface area contributed by atoms with Crippen molar-refractivity contribution in [2.75, 3.05) is 81.8 Å². The van der Waals surface area contributed by atoms with Crippen LogP contribution in [0, 0.1) is 27.7 Å². The summed E-state index contributed by atoms with van der Waals surface area (Å²) in [6.45, 7) is 37.5. The van der Waals surface area contributed by atoms with Crippen LogP contribution < -0.4 is 29.4 Å². The highest BCUT2D eigenvalue weighted by Crippen LogP contribution is 2.44. The van der Waals surface area contributed by atoms with Crippen LogP contribution >= 0.6 is 0 Å². The lowest BCUT2D eigenvalue weighted by molar-refractivity contribution is 0.555. The van der Waals surface area contributed by atoms with E-state index in [1.165, 1.54) is 490 Å². The van der Waals surface area contributed by atoms with Gasteiger partial charge in [-0.2, -0.15) is 0 Å². The molecule has 0 heterocycles. The van der Waals surface area contributed by atoms with Crippen LogP contribution in [0.5, 0.6) is 0 Å². The number of hydrogen-bond acceptors (Lipinski definition) is 6. The minimum atomic E-state index is 1.14. The fraction of sp³-hybridized carbons (Fsp3) is 0.737. The van der Waals surface area contributed by atoms with Crippen LogP contribution in [-0.2, 0) is 0 Å². The first-order valence-electron chi connectivity index (χ1n) is 53.2. The van der Waals surface area contributed by atoms with Crippen LogP contribution in [0.3, 0.4) is 0 Å². The van der Waals surface area contributed by atoms with Crippen molar-refractivity contribution in [1.29, 1.82) is 0 Å². The third kappa shape index (κ3) is 45.2. The Kier molecular flexibility index (Phi) is 62.5. The van der Waals surface area contributed by atoms with Crippen molar-refractivity contribution in [1.82, 2.24) is 0 Å². The van der Waals surface area contributed by atoms with Crippen LogP contribution in [0.1, 0.15) is 489 Å². The van der Waals surface area contributed by atoms with E-state index in [0.717, 1.165) is 52.4 Å². The van der Waals surface area contributed by atoms with Crippen molar-refractivity contribution in [2.45, 2.75) is 494 Å². The van der Waals surface area contributed by atoms with E-state index in [4.69, 9.17) is 0 Å². The minimum absolute atomic E-state index is 1.14. The van der Waals surface area contributed by atoms with Crippen molar-refractivity contribution < 1.29 is 0 Å². The van der Waals surface area contributed by atoms with Gasteiger partial charge in [0.15, 0.2) is 0 Å². The van der Waals surface area contributed by atoms with Gasteiger partial charge in [0.25, 0.3) is 0 Å². The second-order valence-electron chi connectivity index (χ2n) is 37.8. The van der Waals surface area contributed by atoms with Gasteiger partial charge < -0.3 is 29.4 Å². The van der Waals surface area contributed by atoms with E-state index in [1.54, 1.807) is 0 Å². The van der Waals surface area contributed by atoms with E-state index >= 15 is 0 Å². The molecule has 0 saturated carbocycles. The molecule has 682 valence electrons. The molecule has 0 aliphatic rings. The van der Waals surface area contributed by atoms with Crippen molar-refractivity contribution in [3.05, 3.63) is 119 Å². The predicted octanol–water partition coefficient (Wildman–Crippen LogP) is 38.2. The minimum Gasteiger partial charge on any atom is -0.371 e. The van der Waals surface area contributed by atoms with Crippen molar-refractivity contribution in [3.8, 4) is 0 Å². The molecule has 6 heteroatoms. The summed E-state index contributed by atoms with van der Waals surface area (Å²) in [5, 5.41) is 0. The van der Waals surface area contributed by atoms with E-state index in [-0.39, 0.29) is 0 Å². The zero-order valence-electron chi connectivity index (χ0n) is 81.8. The summed E-state index contributed by atoms with van der Waals surface area (Å²) in [6.07, 6.45) is 86.6. The number of nitrogens with zero attached hydrogens (tertiary/aromatic N) is 6. The summed E-state index contributed by atoms with van der Waals surface area (Å²) in [5.41, 5.74) is 18.6. The summed E-state index contributed by atoms with van der Waals surface area (Å²) in [6, 6.07) is 40.1. The summed E-state index contributed by atoms with van der Waals surface area (Å²) in [4.78, 5) is 16.4. The number of rotatable bonds is 82. The van der Waals surface area contributed by atoms with Gasteiger partial charge in [0.1, 0.15) is 0 Å². The maximum atomic E-state index is 2.80. The molecule has 0 aliphatic carbocycles. The second kappa shape index (κ2) is 71.1. The third-order valence-electron chi connectivity index (χ3n) is 26.7. The number of hydrogen-bond donors (Lipinski definition) is 0. The highest BCUT2D eigenvalue weighted by atomic mass is 15.2. The van der Waals surface area contributed by atoms with Crippen molar-refractivity contribution >= 4 is 56.9 Å². The van der Waals surface area contributed by atoms with Gasteiger partial charge in [-0.3, -0.25) is 0 Å². The number of aryl methyl sites for hydroxylation is 4. The Labute approximate surface area is 747 Å². The molecule has 120 heavy (non-hydrogen) atoms. The van der Waals surface area contributed by atoms with Gasteiger partial charge in [0, 0.05) is 109 Å². The standard InChI is InChI=1S/C114H196N6/c1-13-21-29-37-45-53-61-69-89-115(90-70-62-54-46-38-30-22-14-2)111-85-81-107(97-101(111)9)119(108-82-86-112(102(10)98-108)116(91-71-63-55-47-39-31-23-15-3)92-72-64-56-48-40-32-24-16-4)105-77-79-106(80-78-105)120(109-83-87-113(103(11)99-109)117(93-73-65-57-49-41-33-25-17-5)94-74-66-58-50-42-34-26-18-6)110-84-88-114(104(12)100-110)118(95-75-67-59-51-43-35-27-19-7)96-76-68-60-52-44-36-28-20-8/h77-88,97-100H,13-76,89-96H2,1-12H3. The van der Waals surface area contributed by atoms with Gasteiger partial charge in [-0.05, 0) is 198 Å². The Morgan fingerprint density at radius 1 is 0.142 bits per heavy atom. The molecule has 6 nitrogen and oxygen atoms in total. The first kappa shape index (κ1) is 105. The van der Waals surface area contributed by atoms with Gasteiger partial charge in [-0.15, -0.1) is 0 Å². The van der Waals surface area contributed by atoms with Gasteiger partial charge in [-0.1, -0.05) is 415 Å². The molecule has 0 aliphatic heterocycles. The molecular weight excluding hydrogens is 1450 g/mol. The van der Waals surface area contributed by atoms with E-state index in [1.807, 2.05) is 0 Å². The Morgan fingerprint density at radius 3 is 0.383 bits per heavy atom. The van der Waals surface area contributed by atoms with Crippen molar-refractivity contribution in [3.63, 3.8) is 0 Å². The number of benzene rings is 5. The van der Waals surface area contributed by atoms with E-state index in [2.05, 4.69) is 210 Å². The van der Waals surface area contributed by atoms with Crippen molar-refractivity contribution in [2.24, 2.45) is 0 Å². The number of unbranched alkanes of at least 4 members (excludes halogenated alkanes) is 56. The lowest BCUT2D eigenvalue weighted by atomic mass is 10.0. The summed E-state index contributed by atoms with van der Waals surface area (Å²) < 4.78 is 0. The van der Waals surface area contributed by atoms with Crippen LogP contribution in [0.2, 0.25) is 0 Å². The molecule has 5 aromatic carbocycles. The molecule has 0 spiro atoms. The maximum Gasteiger partial charge on any atom is 0.0465 e. The molecule has 0 amide bonds. The normalized spacial score (nSPS) is 11.6. The maximum absolute atomic E-state index is 2.80. The number of anilines is 10. The Bertz CT molecular complexity index is 2710. The Hall–Kier alpha value is -5.10. The average Bonchev–Trinajstić information content (AvgIpc) is 0.777. The van der Waals surface area contributed by atoms with Crippen LogP contribution in [0.15, 0.2) is 97.1 Å². The lowest BCUT2D eigenvalue weighted by Gasteiger charge is -2.32. The fourth-order valence-corrected chi connectivity index (χ4v) is 19.1. The molecule has 5 aromatic rings. The van der Waals surface area contributed by atoms with Gasteiger partial charge in [-0.25, -0.2) is 0 Å². The van der Waals surface area contributed by atoms with Gasteiger partial charge in [0.05, 0.1) is 0 Å². The topological polar surface area (TPSA) is 19.4 Å². The van der Waals surface area contributed by atoms with Gasteiger partial charge in [0.2, 0.25) is 0 Å². The van der Waals surface area contributed by atoms with E-state index in [0.29, 0.717) is 0 Å². The first-order chi connectivity index (χ1) is 59.1. The molecule has 0 aromatic heterocycles. The Balaban J connectivity index is 1.67. The molecule has 0 bridgehead atoms. The highest BCUT2D eigenvalue weighted by molar-refractivity contribution is 5.84. The smallest absolute Gasteiger partial charge is 0.0465 e.